The Balaban J connectivity index is 0.00000218. The summed E-state index contributed by atoms with van der Waals surface area (Å²) in [6.07, 6.45) is 8.19. The third kappa shape index (κ3) is 8.78. The summed E-state index contributed by atoms with van der Waals surface area (Å²) in [5.41, 5.74) is 4.32. The van der Waals surface area contributed by atoms with E-state index in [9.17, 15) is 4.79 Å². The van der Waals surface area contributed by atoms with E-state index in [1.807, 2.05) is 51.3 Å². The highest BCUT2D eigenvalue weighted by Gasteiger charge is 2.21. The lowest BCUT2D eigenvalue weighted by Crippen LogP contribution is -2.27. The maximum Gasteiger partial charge on any atom is 0.311 e. The molecule has 4 nitrogen and oxygen atoms in total. The average Bonchev–Trinajstić information content (AvgIpc) is 3.23. The number of thiazole rings is 1. The lowest BCUT2D eigenvalue weighted by atomic mass is 9.98. The summed E-state index contributed by atoms with van der Waals surface area (Å²) >= 11 is 1.53. The van der Waals surface area contributed by atoms with Crippen molar-refractivity contribution in [3.63, 3.8) is 0 Å². The maximum absolute atomic E-state index is 12.4. The van der Waals surface area contributed by atoms with E-state index in [1.165, 1.54) is 16.9 Å². The van der Waals surface area contributed by atoms with Crippen LogP contribution in [0.5, 0.6) is 0 Å². The molecule has 0 radical (unpaired) electrons. The van der Waals surface area contributed by atoms with Gasteiger partial charge >= 0.3 is 5.97 Å². The van der Waals surface area contributed by atoms with E-state index in [0.29, 0.717) is 19.6 Å². The van der Waals surface area contributed by atoms with Crippen molar-refractivity contribution in [2.45, 2.75) is 41.0 Å². The molecule has 1 aromatic carbocycles. The zero-order chi connectivity index (χ0) is 22.4. The lowest BCUT2D eigenvalue weighted by molar-refractivity contribution is -0.147. The molecule has 1 atom stereocenters. The number of rotatable bonds is 10. The molecule has 0 aliphatic heterocycles. The van der Waals surface area contributed by atoms with E-state index in [4.69, 9.17) is 4.74 Å². The molecule has 0 bridgehead atoms. The molecule has 1 unspecified atom stereocenters. The molecular formula is C25H34N2O2S. The van der Waals surface area contributed by atoms with Gasteiger partial charge in [-0.25, -0.2) is 4.98 Å². The number of hydrogen-bond acceptors (Lipinski definition) is 5. The van der Waals surface area contributed by atoms with Crippen LogP contribution in [0.25, 0.3) is 5.57 Å². The molecule has 0 saturated heterocycles. The van der Waals surface area contributed by atoms with Crippen molar-refractivity contribution >= 4 is 28.0 Å². The third-order valence-corrected chi connectivity index (χ3v) is 5.02. The fourth-order valence-corrected chi connectivity index (χ4v) is 3.40. The number of aromatic nitrogens is 1. The van der Waals surface area contributed by atoms with Crippen molar-refractivity contribution in [3.8, 4) is 0 Å². The first kappa shape index (κ1) is 25.4. The Hall–Kier alpha value is -2.66. The van der Waals surface area contributed by atoms with Crippen LogP contribution in [-0.4, -0.2) is 24.1 Å². The zero-order valence-corrected chi connectivity index (χ0v) is 19.6. The fourth-order valence-electron chi connectivity index (χ4n) is 2.62. The smallest absolute Gasteiger partial charge is 0.311 e. The van der Waals surface area contributed by atoms with Crippen LogP contribution in [0.4, 0.5) is 5.13 Å². The molecule has 2 rings (SSSR count). The Kier molecular flexibility index (Phi) is 12.1. The Morgan fingerprint density at radius 1 is 1.27 bits per heavy atom. The molecule has 0 aliphatic rings. The highest BCUT2D eigenvalue weighted by atomic mass is 32.1. The van der Waals surface area contributed by atoms with Gasteiger partial charge in [-0.1, -0.05) is 74.6 Å². The topological polar surface area (TPSA) is 51.2 Å². The first-order chi connectivity index (χ1) is 14.5. The number of benzene rings is 1. The Labute approximate surface area is 185 Å². The molecule has 0 fully saturated rings. The Morgan fingerprint density at radius 2 is 1.97 bits per heavy atom. The van der Waals surface area contributed by atoms with Crippen molar-refractivity contribution in [2.24, 2.45) is 5.92 Å². The van der Waals surface area contributed by atoms with Gasteiger partial charge in [-0.2, -0.15) is 0 Å². The second-order valence-corrected chi connectivity index (χ2v) is 7.39. The van der Waals surface area contributed by atoms with Gasteiger partial charge in [-0.15, -0.1) is 11.3 Å². The number of hydrogen-bond donors (Lipinski definition) is 1. The standard InChI is InChI=1S/C23H28N2O2S.C2H6/c1-5-7-8-9-18(4)21-16-28-23(25-21)24-15-20(22(26)27-6-2)14-19-12-10-17(3)11-13-19;1-2/h5,7-13,16,20H,1,6,14-15H2,2-4H3,(H,24,25);1-2H3/b8-7-,18-9+;. The molecule has 5 heteroatoms. The van der Waals surface area contributed by atoms with Gasteiger partial charge in [0.25, 0.3) is 0 Å². The summed E-state index contributed by atoms with van der Waals surface area (Å²) in [5.74, 6) is -0.444. The number of carbonyl (C=O) groups excluding carboxylic acids is 1. The predicted octanol–water partition coefficient (Wildman–Crippen LogP) is 6.46. The van der Waals surface area contributed by atoms with E-state index in [0.717, 1.165) is 22.0 Å². The Morgan fingerprint density at radius 3 is 2.60 bits per heavy atom. The largest absolute Gasteiger partial charge is 0.466 e. The van der Waals surface area contributed by atoms with Crippen molar-refractivity contribution in [1.82, 2.24) is 4.98 Å². The summed E-state index contributed by atoms with van der Waals surface area (Å²) in [6, 6.07) is 8.25. The minimum atomic E-state index is -0.262. The maximum atomic E-state index is 12.4. The number of esters is 1. The molecule has 2 aromatic rings. The van der Waals surface area contributed by atoms with Gasteiger partial charge in [0.2, 0.25) is 0 Å². The van der Waals surface area contributed by atoms with Crippen LogP contribution in [0.15, 0.2) is 60.5 Å². The van der Waals surface area contributed by atoms with E-state index in [2.05, 4.69) is 48.1 Å². The van der Waals surface area contributed by atoms with E-state index < -0.39 is 0 Å². The summed E-state index contributed by atoms with van der Waals surface area (Å²) in [4.78, 5) is 17.0. The van der Waals surface area contributed by atoms with Crippen LogP contribution in [0, 0.1) is 12.8 Å². The van der Waals surface area contributed by atoms with Gasteiger partial charge in [0.1, 0.15) is 0 Å². The minimum absolute atomic E-state index is 0.182. The van der Waals surface area contributed by atoms with Crippen LogP contribution in [0.2, 0.25) is 0 Å². The number of nitrogens with zero attached hydrogens (tertiary/aromatic N) is 1. The second kappa shape index (κ2) is 14.3. The number of ether oxygens (including phenoxy) is 1. The van der Waals surface area contributed by atoms with Crippen molar-refractivity contribution in [3.05, 3.63) is 77.3 Å². The normalized spacial score (nSPS) is 12.1. The third-order valence-electron chi connectivity index (χ3n) is 4.22. The first-order valence-electron chi connectivity index (χ1n) is 10.4. The quantitative estimate of drug-likeness (QED) is 0.350. The van der Waals surface area contributed by atoms with E-state index in [-0.39, 0.29) is 11.9 Å². The zero-order valence-electron chi connectivity index (χ0n) is 18.8. The van der Waals surface area contributed by atoms with Crippen LogP contribution in [0.3, 0.4) is 0 Å². The summed E-state index contributed by atoms with van der Waals surface area (Å²) in [6.45, 7) is 14.4. The first-order valence-corrected chi connectivity index (χ1v) is 11.3. The van der Waals surface area contributed by atoms with Gasteiger partial charge < -0.3 is 10.1 Å². The highest BCUT2D eigenvalue weighted by Crippen LogP contribution is 2.22. The van der Waals surface area contributed by atoms with Crippen molar-refractivity contribution in [2.75, 3.05) is 18.5 Å². The highest BCUT2D eigenvalue weighted by molar-refractivity contribution is 7.13. The lowest BCUT2D eigenvalue weighted by Gasteiger charge is -2.16. The summed E-state index contributed by atoms with van der Waals surface area (Å²) in [5, 5.41) is 6.11. The summed E-state index contributed by atoms with van der Waals surface area (Å²) < 4.78 is 5.27. The van der Waals surface area contributed by atoms with Gasteiger partial charge in [-0.05, 0) is 38.3 Å². The monoisotopic (exact) mass is 426 g/mol. The molecule has 0 aliphatic carbocycles. The summed E-state index contributed by atoms with van der Waals surface area (Å²) in [7, 11) is 0. The van der Waals surface area contributed by atoms with Gasteiger partial charge in [0, 0.05) is 11.9 Å². The fraction of sp³-hybridized carbons (Fsp3) is 0.360. The molecule has 1 heterocycles. The molecule has 0 saturated carbocycles. The number of anilines is 1. The molecule has 1 N–H and O–H groups in total. The number of carbonyl (C=O) groups is 1. The van der Waals surface area contributed by atoms with Crippen molar-refractivity contribution < 1.29 is 9.53 Å². The van der Waals surface area contributed by atoms with Crippen LogP contribution in [-0.2, 0) is 16.0 Å². The van der Waals surface area contributed by atoms with Gasteiger partial charge in [-0.3, -0.25) is 4.79 Å². The molecule has 0 spiro atoms. The molecule has 162 valence electrons. The predicted molar refractivity (Wildman–Crippen MR) is 130 cm³/mol. The van der Waals surface area contributed by atoms with E-state index >= 15 is 0 Å². The van der Waals surface area contributed by atoms with Crippen LogP contribution < -0.4 is 5.32 Å². The molecule has 1 aromatic heterocycles. The average molecular weight is 427 g/mol. The number of aryl methyl sites for hydroxylation is 1. The second-order valence-electron chi connectivity index (χ2n) is 6.53. The van der Waals surface area contributed by atoms with Crippen LogP contribution in [0.1, 0.15) is 44.5 Å². The number of allylic oxidation sites excluding steroid dienone is 5. The van der Waals surface area contributed by atoms with Crippen LogP contribution >= 0.6 is 11.3 Å². The molecule has 0 amide bonds. The van der Waals surface area contributed by atoms with Crippen molar-refractivity contribution in [1.29, 1.82) is 0 Å². The van der Waals surface area contributed by atoms with Gasteiger partial charge in [0.15, 0.2) is 5.13 Å². The number of nitrogens with one attached hydrogen (secondary N) is 1. The van der Waals surface area contributed by atoms with Gasteiger partial charge in [0.05, 0.1) is 18.2 Å². The minimum Gasteiger partial charge on any atom is -0.466 e. The molecular weight excluding hydrogens is 392 g/mol. The molecule has 30 heavy (non-hydrogen) atoms. The van der Waals surface area contributed by atoms with E-state index in [1.54, 1.807) is 6.08 Å². The SMILES string of the molecule is C=C/C=C\C=C(/C)c1csc(NCC(Cc2ccc(C)cc2)C(=O)OCC)n1.CC. The Bertz CT molecular complexity index is 835.